The van der Waals surface area contributed by atoms with Crippen LogP contribution in [0.4, 0.5) is 19.0 Å². The molecule has 36 heavy (non-hydrogen) atoms. The molecule has 2 aromatic rings. The molecule has 0 radical (unpaired) electrons. The summed E-state index contributed by atoms with van der Waals surface area (Å²) in [7, 11) is 2.15. The highest BCUT2D eigenvalue weighted by Gasteiger charge is 2.38. The zero-order chi connectivity index (χ0) is 26.3. The van der Waals surface area contributed by atoms with Gasteiger partial charge in [0.2, 0.25) is 0 Å². The number of nitrogens with one attached hydrogen (secondary N) is 1. The quantitative estimate of drug-likeness (QED) is 0.571. The summed E-state index contributed by atoms with van der Waals surface area (Å²) in [5.41, 5.74) is 10.3. The summed E-state index contributed by atoms with van der Waals surface area (Å²) >= 11 is 0. The number of amides is 1. The van der Waals surface area contributed by atoms with Crippen molar-refractivity contribution in [3.8, 4) is 0 Å². The molecular weight excluding hydrogens is 475 g/mol. The molecule has 4 N–H and O–H groups in total. The lowest BCUT2D eigenvalue weighted by Crippen LogP contribution is -2.44. The fourth-order valence-electron chi connectivity index (χ4n) is 4.31. The monoisotopic (exact) mass is 507 g/mol. The number of carbonyl (C=O) groups excluding carboxylic acids is 1. The maximum atomic E-state index is 12.7. The van der Waals surface area contributed by atoms with Gasteiger partial charge in [0.15, 0.2) is 0 Å². The first-order valence-electron chi connectivity index (χ1n) is 11.9. The van der Waals surface area contributed by atoms with E-state index in [1.54, 1.807) is 0 Å². The number of pyridine rings is 1. The number of halogens is 3. The number of piperazine rings is 1. The van der Waals surface area contributed by atoms with E-state index >= 15 is 0 Å². The SMILES string of the molecule is CN1CCN(c2ccc(CNC(=O)c3ccc4c(c3)C(CN)CCC4)cn2)CC1.O=C(O)C(F)(F)F. The fraction of sp³-hybridized carbons (Fsp3) is 0.480. The Morgan fingerprint density at radius 3 is 2.44 bits per heavy atom. The highest BCUT2D eigenvalue weighted by atomic mass is 19.4. The fourth-order valence-corrected chi connectivity index (χ4v) is 4.31. The number of aryl methyl sites for hydroxylation is 1. The summed E-state index contributed by atoms with van der Waals surface area (Å²) in [6.45, 7) is 5.25. The second kappa shape index (κ2) is 12.2. The van der Waals surface area contributed by atoms with Gasteiger partial charge in [-0.3, -0.25) is 4.79 Å². The molecule has 11 heteroatoms. The van der Waals surface area contributed by atoms with Gasteiger partial charge in [-0.15, -0.1) is 0 Å². The largest absolute Gasteiger partial charge is 0.490 e. The number of fused-ring (bicyclic) bond motifs is 1. The molecule has 0 spiro atoms. The smallest absolute Gasteiger partial charge is 0.475 e. The molecule has 8 nitrogen and oxygen atoms in total. The molecular formula is C25H32F3N5O3. The van der Waals surface area contributed by atoms with Crippen LogP contribution in [0.3, 0.4) is 0 Å². The molecule has 196 valence electrons. The summed E-state index contributed by atoms with van der Waals surface area (Å²) in [5, 5.41) is 10.2. The van der Waals surface area contributed by atoms with Gasteiger partial charge in [-0.1, -0.05) is 12.1 Å². The van der Waals surface area contributed by atoms with Crippen molar-refractivity contribution >= 4 is 17.7 Å². The highest BCUT2D eigenvalue weighted by molar-refractivity contribution is 5.94. The van der Waals surface area contributed by atoms with Gasteiger partial charge in [0, 0.05) is 44.5 Å². The number of nitrogens with zero attached hydrogens (tertiary/aromatic N) is 3. The summed E-state index contributed by atoms with van der Waals surface area (Å²) in [4.78, 5) is 30.8. The maximum absolute atomic E-state index is 12.7. The molecule has 1 amide bonds. The Hall–Kier alpha value is -3.18. The van der Waals surface area contributed by atoms with Crippen molar-refractivity contribution in [2.45, 2.75) is 37.9 Å². The molecule has 1 aromatic carbocycles. The van der Waals surface area contributed by atoms with E-state index in [9.17, 15) is 18.0 Å². The second-order valence-electron chi connectivity index (χ2n) is 9.04. The second-order valence-corrected chi connectivity index (χ2v) is 9.04. The molecule has 4 rings (SSSR count). The van der Waals surface area contributed by atoms with Gasteiger partial charge in [-0.05, 0) is 73.7 Å². The number of nitrogens with two attached hydrogens (primary N) is 1. The Balaban J connectivity index is 0.000000454. The summed E-state index contributed by atoms with van der Waals surface area (Å²) in [6.07, 6.45) is 0.154. The van der Waals surface area contributed by atoms with E-state index in [1.165, 1.54) is 17.5 Å². The first-order valence-corrected chi connectivity index (χ1v) is 11.9. The summed E-state index contributed by atoms with van der Waals surface area (Å²) in [6, 6.07) is 10.2. The van der Waals surface area contributed by atoms with Crippen molar-refractivity contribution in [2.24, 2.45) is 5.73 Å². The lowest BCUT2D eigenvalue weighted by Gasteiger charge is -2.33. The Morgan fingerprint density at radius 1 is 1.17 bits per heavy atom. The molecule has 0 bridgehead atoms. The van der Waals surface area contributed by atoms with E-state index in [0.717, 1.165) is 50.4 Å². The van der Waals surface area contributed by atoms with Crippen LogP contribution < -0.4 is 16.0 Å². The van der Waals surface area contributed by atoms with Crippen molar-refractivity contribution in [1.29, 1.82) is 0 Å². The van der Waals surface area contributed by atoms with Crippen LogP contribution in [-0.4, -0.2) is 72.8 Å². The standard InChI is InChI=1S/C23H31N5O.C2HF3O2/c1-27-9-11-28(12-10-27)22-8-5-17(15-25-22)16-26-23(29)19-7-6-18-3-2-4-20(14-24)21(18)13-19;3-2(4,5)1(6)7/h5-8,13,15,20H,2-4,9-12,14,16,24H2,1H3,(H,26,29);(H,6,7). The van der Waals surface area contributed by atoms with Gasteiger partial charge in [-0.2, -0.15) is 13.2 Å². The third kappa shape index (κ3) is 7.41. The lowest BCUT2D eigenvalue weighted by atomic mass is 9.82. The van der Waals surface area contributed by atoms with Crippen LogP contribution in [0.2, 0.25) is 0 Å². The summed E-state index contributed by atoms with van der Waals surface area (Å²) < 4.78 is 31.7. The zero-order valence-electron chi connectivity index (χ0n) is 20.2. The Kier molecular flexibility index (Phi) is 9.27. The van der Waals surface area contributed by atoms with Crippen molar-refractivity contribution in [3.05, 3.63) is 58.8 Å². The van der Waals surface area contributed by atoms with E-state index in [-0.39, 0.29) is 5.91 Å². The number of rotatable bonds is 5. The number of anilines is 1. The maximum Gasteiger partial charge on any atom is 0.490 e. The minimum atomic E-state index is -5.08. The molecule has 1 saturated heterocycles. The summed E-state index contributed by atoms with van der Waals surface area (Å²) in [5.74, 6) is -1.42. The van der Waals surface area contributed by atoms with Crippen molar-refractivity contribution in [2.75, 3.05) is 44.7 Å². The van der Waals surface area contributed by atoms with Gasteiger partial charge in [-0.25, -0.2) is 9.78 Å². The van der Waals surface area contributed by atoms with Crippen LogP contribution in [0.15, 0.2) is 36.5 Å². The first kappa shape index (κ1) is 27.4. The molecule has 2 heterocycles. The number of likely N-dealkylation sites (N-methyl/N-ethyl adjacent to an activating group) is 1. The molecule has 1 aliphatic carbocycles. The normalized spacial score (nSPS) is 18.0. The molecule has 1 fully saturated rings. The zero-order valence-corrected chi connectivity index (χ0v) is 20.2. The number of aliphatic carboxylic acids is 1. The van der Waals surface area contributed by atoms with Crippen LogP contribution in [0.1, 0.15) is 45.8 Å². The number of hydrogen-bond donors (Lipinski definition) is 3. The minimum Gasteiger partial charge on any atom is -0.475 e. The Labute approximate surface area is 208 Å². The number of benzene rings is 1. The van der Waals surface area contributed by atoms with Gasteiger partial charge in [0.1, 0.15) is 5.82 Å². The number of alkyl halides is 3. The van der Waals surface area contributed by atoms with Crippen LogP contribution in [0, 0.1) is 0 Å². The van der Waals surface area contributed by atoms with Crippen molar-refractivity contribution in [3.63, 3.8) is 0 Å². The lowest BCUT2D eigenvalue weighted by molar-refractivity contribution is -0.192. The van der Waals surface area contributed by atoms with Crippen LogP contribution in [-0.2, 0) is 17.8 Å². The topological polar surface area (TPSA) is 112 Å². The predicted octanol–water partition coefficient (Wildman–Crippen LogP) is 2.78. The van der Waals surface area contributed by atoms with Crippen LogP contribution in [0.25, 0.3) is 0 Å². The van der Waals surface area contributed by atoms with Crippen LogP contribution in [0.5, 0.6) is 0 Å². The van der Waals surface area contributed by atoms with Crippen molar-refractivity contribution in [1.82, 2.24) is 15.2 Å². The molecule has 1 unspecified atom stereocenters. The molecule has 2 aliphatic rings. The molecule has 1 atom stereocenters. The number of hydrogen-bond acceptors (Lipinski definition) is 6. The van der Waals surface area contributed by atoms with Crippen LogP contribution >= 0.6 is 0 Å². The molecule has 1 aliphatic heterocycles. The number of carboxylic acid groups (broad SMARTS) is 1. The highest BCUT2D eigenvalue weighted by Crippen LogP contribution is 2.31. The number of carbonyl (C=O) groups is 2. The number of carboxylic acids is 1. The third-order valence-electron chi connectivity index (χ3n) is 6.46. The van der Waals surface area contributed by atoms with E-state index in [2.05, 4.69) is 45.3 Å². The molecule has 1 aromatic heterocycles. The first-order chi connectivity index (χ1) is 17.1. The third-order valence-corrected chi connectivity index (χ3v) is 6.46. The number of aromatic nitrogens is 1. The predicted molar refractivity (Wildman–Crippen MR) is 130 cm³/mol. The van der Waals surface area contributed by atoms with Gasteiger partial charge >= 0.3 is 12.1 Å². The van der Waals surface area contributed by atoms with Gasteiger partial charge < -0.3 is 26.0 Å². The van der Waals surface area contributed by atoms with Crippen molar-refractivity contribution < 1.29 is 27.9 Å². The Morgan fingerprint density at radius 2 is 1.86 bits per heavy atom. The molecule has 0 saturated carbocycles. The van der Waals surface area contributed by atoms with E-state index in [1.807, 2.05) is 18.3 Å². The van der Waals surface area contributed by atoms with Gasteiger partial charge in [0.05, 0.1) is 0 Å². The minimum absolute atomic E-state index is 0.0442. The van der Waals surface area contributed by atoms with E-state index in [4.69, 9.17) is 15.6 Å². The van der Waals surface area contributed by atoms with E-state index < -0.39 is 12.1 Å². The average molecular weight is 508 g/mol. The Bertz CT molecular complexity index is 1040. The van der Waals surface area contributed by atoms with E-state index in [0.29, 0.717) is 24.6 Å². The van der Waals surface area contributed by atoms with Gasteiger partial charge in [0.25, 0.3) is 5.91 Å². The average Bonchev–Trinajstić information content (AvgIpc) is 2.87.